The highest BCUT2D eigenvalue weighted by Crippen LogP contribution is 2.17. The van der Waals surface area contributed by atoms with Crippen LogP contribution in [0.25, 0.3) is 11.0 Å². The fourth-order valence-electron chi connectivity index (χ4n) is 2.05. The average Bonchev–Trinajstić information content (AvgIpc) is 2.55. The number of rotatable bonds is 3. The first-order valence-electron chi connectivity index (χ1n) is 6.44. The largest absolute Gasteiger partial charge is 0.322 e. The molecule has 1 aromatic heterocycles. The molecule has 0 saturated heterocycles. The summed E-state index contributed by atoms with van der Waals surface area (Å²) < 4.78 is 0. The number of hydrogen-bond donors (Lipinski definition) is 1. The molecule has 0 aliphatic carbocycles. The topological polar surface area (TPSA) is 54.9 Å². The number of alkyl halides is 1. The van der Waals surface area contributed by atoms with E-state index in [1.54, 1.807) is 24.5 Å². The Hall–Kier alpha value is -2.46. The number of nitrogens with zero attached hydrogens (tertiary/aromatic N) is 2. The van der Waals surface area contributed by atoms with Gasteiger partial charge in [-0.3, -0.25) is 14.8 Å². The van der Waals surface area contributed by atoms with Crippen molar-refractivity contribution in [1.82, 2.24) is 9.97 Å². The minimum atomic E-state index is -0.209. The number of amides is 1. The van der Waals surface area contributed by atoms with Crippen LogP contribution in [0.4, 0.5) is 5.69 Å². The number of anilines is 1. The van der Waals surface area contributed by atoms with Gasteiger partial charge in [0.2, 0.25) is 0 Å². The third-order valence-electron chi connectivity index (χ3n) is 3.11. The predicted molar refractivity (Wildman–Crippen MR) is 83.5 cm³/mol. The van der Waals surface area contributed by atoms with E-state index in [0.29, 0.717) is 22.5 Å². The molecule has 4 nitrogen and oxygen atoms in total. The van der Waals surface area contributed by atoms with Gasteiger partial charge in [0.05, 0.1) is 11.1 Å². The van der Waals surface area contributed by atoms with Crippen molar-refractivity contribution in [3.8, 4) is 0 Å². The second-order valence-electron chi connectivity index (χ2n) is 4.51. The maximum atomic E-state index is 12.4. The van der Waals surface area contributed by atoms with E-state index >= 15 is 0 Å². The Morgan fingerprint density at radius 3 is 2.57 bits per heavy atom. The van der Waals surface area contributed by atoms with Crippen LogP contribution in [0.1, 0.15) is 15.9 Å². The highest BCUT2D eigenvalue weighted by Gasteiger charge is 2.11. The Kier molecular flexibility index (Phi) is 3.79. The summed E-state index contributed by atoms with van der Waals surface area (Å²) in [5, 5.41) is 2.85. The molecular formula is C16H12ClN3O. The normalized spacial score (nSPS) is 10.5. The quantitative estimate of drug-likeness (QED) is 0.751. The molecule has 1 N–H and O–H groups in total. The standard InChI is InChI=1S/C16H12ClN3O/c17-10-11-4-6-12(7-5-11)20-16(21)13-2-1-3-14-15(13)19-9-8-18-14/h1-9H,10H2,(H,20,21). The lowest BCUT2D eigenvalue weighted by Crippen LogP contribution is -2.12. The minimum Gasteiger partial charge on any atom is -0.322 e. The second kappa shape index (κ2) is 5.89. The van der Waals surface area contributed by atoms with Gasteiger partial charge in [-0.1, -0.05) is 18.2 Å². The van der Waals surface area contributed by atoms with Gasteiger partial charge in [0.15, 0.2) is 0 Å². The van der Waals surface area contributed by atoms with Gasteiger partial charge in [-0.25, -0.2) is 0 Å². The molecule has 0 bridgehead atoms. The van der Waals surface area contributed by atoms with Crippen LogP contribution in [0.5, 0.6) is 0 Å². The van der Waals surface area contributed by atoms with Gasteiger partial charge in [0, 0.05) is 24.0 Å². The lowest BCUT2D eigenvalue weighted by Gasteiger charge is -2.07. The van der Waals surface area contributed by atoms with E-state index in [0.717, 1.165) is 11.3 Å². The number of carbonyl (C=O) groups excluding carboxylic acids is 1. The van der Waals surface area contributed by atoms with Crippen molar-refractivity contribution < 1.29 is 4.79 Å². The molecular weight excluding hydrogens is 286 g/mol. The predicted octanol–water partition coefficient (Wildman–Crippen LogP) is 3.62. The lowest BCUT2D eigenvalue weighted by atomic mass is 10.1. The first-order chi connectivity index (χ1) is 10.3. The Bertz CT molecular complexity index is 782. The van der Waals surface area contributed by atoms with Crippen LogP contribution in [-0.2, 0) is 5.88 Å². The maximum absolute atomic E-state index is 12.4. The smallest absolute Gasteiger partial charge is 0.257 e. The average molecular weight is 298 g/mol. The molecule has 0 atom stereocenters. The summed E-state index contributed by atoms with van der Waals surface area (Å²) in [4.78, 5) is 20.8. The third kappa shape index (κ3) is 2.85. The number of carbonyl (C=O) groups is 1. The van der Waals surface area contributed by atoms with Crippen molar-refractivity contribution in [2.24, 2.45) is 0 Å². The Balaban J connectivity index is 1.90. The van der Waals surface area contributed by atoms with Crippen LogP contribution in [0.15, 0.2) is 54.9 Å². The number of aromatic nitrogens is 2. The van der Waals surface area contributed by atoms with Crippen molar-refractivity contribution in [2.45, 2.75) is 5.88 Å². The SMILES string of the molecule is O=C(Nc1ccc(CCl)cc1)c1cccc2nccnc12. The molecule has 1 heterocycles. The molecule has 104 valence electrons. The third-order valence-corrected chi connectivity index (χ3v) is 3.42. The molecule has 0 fully saturated rings. The van der Waals surface area contributed by atoms with Crippen molar-refractivity contribution in [2.75, 3.05) is 5.32 Å². The lowest BCUT2D eigenvalue weighted by molar-refractivity contribution is 0.102. The summed E-state index contributed by atoms with van der Waals surface area (Å²) in [7, 11) is 0. The van der Waals surface area contributed by atoms with E-state index in [1.165, 1.54) is 0 Å². The summed E-state index contributed by atoms with van der Waals surface area (Å²) in [6.07, 6.45) is 3.18. The molecule has 0 aliphatic rings. The van der Waals surface area contributed by atoms with Crippen LogP contribution < -0.4 is 5.32 Å². The van der Waals surface area contributed by atoms with Gasteiger partial charge >= 0.3 is 0 Å². The van der Waals surface area contributed by atoms with Gasteiger partial charge in [-0.05, 0) is 29.8 Å². The van der Waals surface area contributed by atoms with Crippen LogP contribution in [-0.4, -0.2) is 15.9 Å². The molecule has 0 unspecified atom stereocenters. The second-order valence-corrected chi connectivity index (χ2v) is 4.78. The summed E-state index contributed by atoms with van der Waals surface area (Å²) in [5.74, 6) is 0.243. The fourth-order valence-corrected chi connectivity index (χ4v) is 2.23. The van der Waals surface area contributed by atoms with Gasteiger partial charge < -0.3 is 5.32 Å². The number of halogens is 1. The Labute approximate surface area is 126 Å². The van der Waals surface area contributed by atoms with Crippen molar-refractivity contribution in [3.63, 3.8) is 0 Å². The Morgan fingerprint density at radius 1 is 1.05 bits per heavy atom. The molecule has 3 rings (SSSR count). The monoisotopic (exact) mass is 297 g/mol. The zero-order chi connectivity index (χ0) is 14.7. The Morgan fingerprint density at radius 2 is 1.81 bits per heavy atom. The van der Waals surface area contributed by atoms with E-state index in [9.17, 15) is 4.79 Å². The number of benzene rings is 2. The molecule has 0 saturated carbocycles. The molecule has 3 aromatic rings. The number of nitrogens with one attached hydrogen (secondary N) is 1. The number of hydrogen-bond acceptors (Lipinski definition) is 3. The van der Waals surface area contributed by atoms with Crippen molar-refractivity contribution in [1.29, 1.82) is 0 Å². The van der Waals surface area contributed by atoms with Crippen LogP contribution in [0.2, 0.25) is 0 Å². The van der Waals surface area contributed by atoms with Crippen LogP contribution >= 0.6 is 11.6 Å². The highest BCUT2D eigenvalue weighted by atomic mass is 35.5. The maximum Gasteiger partial charge on any atom is 0.257 e. The minimum absolute atomic E-state index is 0.209. The molecule has 0 aliphatic heterocycles. The van der Waals surface area contributed by atoms with Crippen molar-refractivity contribution >= 4 is 34.2 Å². The molecule has 0 spiro atoms. The summed E-state index contributed by atoms with van der Waals surface area (Å²) in [5.41, 5.74) is 3.51. The molecule has 2 aromatic carbocycles. The fraction of sp³-hybridized carbons (Fsp3) is 0.0625. The van der Waals surface area contributed by atoms with Crippen LogP contribution in [0.3, 0.4) is 0 Å². The first kappa shape index (κ1) is 13.5. The van der Waals surface area contributed by atoms with E-state index in [2.05, 4.69) is 15.3 Å². The van der Waals surface area contributed by atoms with Gasteiger partial charge in [0.25, 0.3) is 5.91 Å². The van der Waals surface area contributed by atoms with E-state index in [1.807, 2.05) is 30.3 Å². The number of para-hydroxylation sites is 1. The van der Waals surface area contributed by atoms with E-state index in [-0.39, 0.29) is 5.91 Å². The summed E-state index contributed by atoms with van der Waals surface area (Å²) in [6.45, 7) is 0. The molecule has 0 radical (unpaired) electrons. The van der Waals surface area contributed by atoms with E-state index in [4.69, 9.17) is 11.6 Å². The summed E-state index contributed by atoms with van der Waals surface area (Å²) >= 11 is 5.74. The number of fused-ring (bicyclic) bond motifs is 1. The molecule has 21 heavy (non-hydrogen) atoms. The van der Waals surface area contributed by atoms with Gasteiger partial charge in [0.1, 0.15) is 5.52 Å². The van der Waals surface area contributed by atoms with Gasteiger partial charge in [-0.15, -0.1) is 11.6 Å². The zero-order valence-electron chi connectivity index (χ0n) is 11.1. The molecule has 5 heteroatoms. The summed E-state index contributed by atoms with van der Waals surface area (Å²) in [6, 6.07) is 12.8. The first-order valence-corrected chi connectivity index (χ1v) is 6.97. The van der Waals surface area contributed by atoms with Crippen molar-refractivity contribution in [3.05, 3.63) is 66.0 Å². The highest BCUT2D eigenvalue weighted by molar-refractivity contribution is 6.17. The van der Waals surface area contributed by atoms with Gasteiger partial charge in [-0.2, -0.15) is 0 Å². The van der Waals surface area contributed by atoms with E-state index < -0.39 is 0 Å². The molecule has 1 amide bonds. The zero-order valence-corrected chi connectivity index (χ0v) is 11.8. The van der Waals surface area contributed by atoms with Crippen LogP contribution in [0, 0.1) is 0 Å².